The van der Waals surface area contributed by atoms with E-state index in [9.17, 15) is 10.1 Å². The quantitative estimate of drug-likeness (QED) is 0.623. The van der Waals surface area contributed by atoms with Gasteiger partial charge in [-0.3, -0.25) is 10.1 Å². The largest absolute Gasteiger partial charge is 0.283 e. The van der Waals surface area contributed by atoms with Gasteiger partial charge < -0.3 is 0 Å². The molecule has 0 saturated carbocycles. The van der Waals surface area contributed by atoms with E-state index >= 15 is 0 Å². The van der Waals surface area contributed by atoms with E-state index in [4.69, 9.17) is 5.26 Å². The molecule has 0 aliphatic heterocycles. The maximum absolute atomic E-state index is 10.8. The van der Waals surface area contributed by atoms with Crippen LogP contribution in [0.4, 0.5) is 5.69 Å². The van der Waals surface area contributed by atoms with Gasteiger partial charge in [-0.25, -0.2) is 4.98 Å². The Morgan fingerprint density at radius 2 is 2.06 bits per heavy atom. The number of para-hydroxylation sites is 1. The van der Waals surface area contributed by atoms with Gasteiger partial charge in [-0.1, -0.05) is 23.9 Å². The van der Waals surface area contributed by atoms with Crippen LogP contribution in [0.15, 0.2) is 52.5 Å². The molecule has 6 heteroatoms. The van der Waals surface area contributed by atoms with E-state index in [0.717, 1.165) is 0 Å². The highest BCUT2D eigenvalue weighted by Crippen LogP contribution is 2.33. The second-order valence-corrected chi connectivity index (χ2v) is 4.39. The van der Waals surface area contributed by atoms with Crippen LogP contribution in [0.2, 0.25) is 0 Å². The van der Waals surface area contributed by atoms with Gasteiger partial charge >= 0.3 is 0 Å². The lowest BCUT2D eigenvalue weighted by Gasteiger charge is -2.01. The monoisotopic (exact) mass is 257 g/mol. The highest BCUT2D eigenvalue weighted by atomic mass is 32.2. The van der Waals surface area contributed by atoms with Crippen LogP contribution in [0, 0.1) is 21.4 Å². The fourth-order valence-electron chi connectivity index (χ4n) is 1.31. The molecular weight excluding hydrogens is 250 g/mol. The first kappa shape index (κ1) is 12.1. The summed E-state index contributed by atoms with van der Waals surface area (Å²) in [5.41, 5.74) is 0.510. The molecule has 0 amide bonds. The number of nitriles is 1. The molecule has 0 spiro atoms. The molecule has 0 radical (unpaired) electrons. The minimum Gasteiger partial charge on any atom is -0.258 e. The summed E-state index contributed by atoms with van der Waals surface area (Å²) >= 11 is 1.20. The van der Waals surface area contributed by atoms with Crippen LogP contribution in [0.1, 0.15) is 5.56 Å². The Kier molecular flexibility index (Phi) is 3.55. The Balaban J connectivity index is 2.28. The topological polar surface area (TPSA) is 79.8 Å². The molecule has 18 heavy (non-hydrogen) atoms. The summed E-state index contributed by atoms with van der Waals surface area (Å²) in [6.07, 6.45) is 1.44. The molecule has 1 heterocycles. The van der Waals surface area contributed by atoms with Gasteiger partial charge in [0.2, 0.25) is 0 Å². The third-order valence-corrected chi connectivity index (χ3v) is 3.16. The predicted molar refractivity (Wildman–Crippen MR) is 66.2 cm³/mol. The van der Waals surface area contributed by atoms with Gasteiger partial charge in [0.05, 0.1) is 15.4 Å². The van der Waals surface area contributed by atoms with Crippen molar-refractivity contribution in [1.29, 1.82) is 5.26 Å². The Morgan fingerprint density at radius 3 is 2.67 bits per heavy atom. The molecule has 0 unspecified atom stereocenters. The van der Waals surface area contributed by atoms with Crippen molar-refractivity contribution in [2.75, 3.05) is 0 Å². The van der Waals surface area contributed by atoms with E-state index < -0.39 is 4.92 Å². The Morgan fingerprint density at radius 1 is 1.28 bits per heavy atom. The summed E-state index contributed by atoms with van der Waals surface area (Å²) in [5.74, 6) is 0. The molecular formula is C12H7N3O2S. The number of nitrogens with zero attached hydrogens (tertiary/aromatic N) is 3. The molecule has 0 aliphatic carbocycles. The van der Waals surface area contributed by atoms with Gasteiger partial charge in [0, 0.05) is 12.3 Å². The van der Waals surface area contributed by atoms with Crippen molar-refractivity contribution in [2.24, 2.45) is 0 Å². The van der Waals surface area contributed by atoms with Gasteiger partial charge in [-0.2, -0.15) is 5.26 Å². The van der Waals surface area contributed by atoms with Crippen molar-refractivity contribution >= 4 is 17.4 Å². The fourth-order valence-corrected chi connectivity index (χ4v) is 2.17. The second-order valence-electron chi connectivity index (χ2n) is 3.32. The van der Waals surface area contributed by atoms with Crippen LogP contribution in [0.25, 0.3) is 0 Å². The van der Waals surface area contributed by atoms with Crippen molar-refractivity contribution in [2.45, 2.75) is 9.92 Å². The van der Waals surface area contributed by atoms with Crippen molar-refractivity contribution in [3.8, 4) is 6.07 Å². The Labute approximate surface area is 107 Å². The molecule has 1 aromatic heterocycles. The number of benzene rings is 1. The number of hydrogen-bond donors (Lipinski definition) is 0. The minimum atomic E-state index is -0.425. The van der Waals surface area contributed by atoms with E-state index in [0.29, 0.717) is 15.5 Å². The van der Waals surface area contributed by atoms with Crippen molar-refractivity contribution in [3.05, 3.63) is 58.3 Å². The SMILES string of the molecule is N#Cc1ccc(Sc2ccccc2[N+](=O)[O-])nc1. The average Bonchev–Trinajstić information content (AvgIpc) is 2.40. The first-order chi connectivity index (χ1) is 8.70. The average molecular weight is 257 g/mol. The van der Waals surface area contributed by atoms with Gasteiger partial charge in [0.15, 0.2) is 0 Å². The standard InChI is InChI=1S/C12H7N3O2S/c13-7-9-5-6-12(14-8-9)18-11-4-2-1-3-10(11)15(16)17/h1-6,8H. The van der Waals surface area contributed by atoms with Crippen LogP contribution < -0.4 is 0 Å². The summed E-state index contributed by atoms with van der Waals surface area (Å²) in [6.45, 7) is 0. The van der Waals surface area contributed by atoms with Gasteiger partial charge in [0.1, 0.15) is 11.1 Å². The lowest BCUT2D eigenvalue weighted by atomic mass is 10.3. The zero-order valence-corrected chi connectivity index (χ0v) is 9.92. The van der Waals surface area contributed by atoms with Gasteiger partial charge in [-0.15, -0.1) is 0 Å². The third-order valence-electron chi connectivity index (χ3n) is 2.14. The van der Waals surface area contributed by atoms with E-state index in [1.165, 1.54) is 24.0 Å². The highest BCUT2D eigenvalue weighted by molar-refractivity contribution is 7.99. The van der Waals surface area contributed by atoms with E-state index in [1.807, 2.05) is 6.07 Å². The molecule has 1 aromatic carbocycles. The number of aromatic nitrogens is 1. The first-order valence-corrected chi connectivity index (χ1v) is 5.80. The van der Waals surface area contributed by atoms with Crippen LogP contribution >= 0.6 is 11.8 Å². The van der Waals surface area contributed by atoms with E-state index in [1.54, 1.807) is 30.3 Å². The fraction of sp³-hybridized carbons (Fsp3) is 0. The molecule has 2 aromatic rings. The lowest BCUT2D eigenvalue weighted by Crippen LogP contribution is -1.90. The maximum Gasteiger partial charge on any atom is 0.283 e. The van der Waals surface area contributed by atoms with Crippen molar-refractivity contribution < 1.29 is 4.92 Å². The van der Waals surface area contributed by atoms with Gasteiger partial charge in [0.25, 0.3) is 5.69 Å². The van der Waals surface area contributed by atoms with Crippen LogP contribution in [-0.2, 0) is 0 Å². The third kappa shape index (κ3) is 2.64. The predicted octanol–water partition coefficient (Wildman–Crippen LogP) is 3.01. The summed E-state index contributed by atoms with van der Waals surface area (Å²) in [5, 5.41) is 20.1. The van der Waals surface area contributed by atoms with E-state index in [-0.39, 0.29) is 5.69 Å². The molecule has 2 rings (SSSR count). The van der Waals surface area contributed by atoms with E-state index in [2.05, 4.69) is 4.98 Å². The normalized spacial score (nSPS) is 9.72. The second kappa shape index (κ2) is 5.29. The molecule has 0 fully saturated rings. The van der Waals surface area contributed by atoms with Crippen molar-refractivity contribution in [1.82, 2.24) is 4.98 Å². The molecule has 0 atom stereocenters. The molecule has 0 aliphatic rings. The van der Waals surface area contributed by atoms with Gasteiger partial charge in [-0.05, 0) is 18.2 Å². The van der Waals surface area contributed by atoms with Crippen molar-refractivity contribution in [3.63, 3.8) is 0 Å². The number of nitro benzene ring substituents is 1. The highest BCUT2D eigenvalue weighted by Gasteiger charge is 2.13. The smallest absolute Gasteiger partial charge is 0.258 e. The molecule has 0 saturated heterocycles. The molecule has 88 valence electrons. The number of rotatable bonds is 3. The lowest BCUT2D eigenvalue weighted by molar-refractivity contribution is -0.387. The minimum absolute atomic E-state index is 0.0497. The number of hydrogen-bond acceptors (Lipinski definition) is 5. The molecule has 0 bridgehead atoms. The van der Waals surface area contributed by atoms with Crippen LogP contribution in [0.5, 0.6) is 0 Å². The molecule has 5 nitrogen and oxygen atoms in total. The zero-order chi connectivity index (χ0) is 13.0. The summed E-state index contributed by atoms with van der Waals surface area (Å²) < 4.78 is 0. The molecule has 0 N–H and O–H groups in total. The summed E-state index contributed by atoms with van der Waals surface area (Å²) in [7, 11) is 0. The number of pyridine rings is 1. The summed E-state index contributed by atoms with van der Waals surface area (Å²) in [6, 6.07) is 11.7. The maximum atomic E-state index is 10.8. The van der Waals surface area contributed by atoms with Crippen LogP contribution in [-0.4, -0.2) is 9.91 Å². The Hall–Kier alpha value is -2.39. The first-order valence-electron chi connectivity index (χ1n) is 4.98. The zero-order valence-electron chi connectivity index (χ0n) is 9.11. The van der Waals surface area contributed by atoms with Crippen LogP contribution in [0.3, 0.4) is 0 Å². The Bertz CT molecular complexity index is 620. The number of nitro groups is 1. The summed E-state index contributed by atoms with van der Waals surface area (Å²) in [4.78, 5) is 15.0.